The molecule has 3 N–H and O–H groups in total. The van der Waals surface area contributed by atoms with Gasteiger partial charge >= 0.3 is 0 Å². The van der Waals surface area contributed by atoms with Gasteiger partial charge in [0, 0.05) is 36.3 Å². The van der Waals surface area contributed by atoms with Gasteiger partial charge in [0.05, 0.1) is 16.3 Å². The van der Waals surface area contributed by atoms with Crippen molar-refractivity contribution in [3.8, 4) is 0 Å². The highest BCUT2D eigenvalue weighted by Gasteiger charge is 2.13. The Bertz CT molecular complexity index is 875. The number of rotatable bonds is 7. The van der Waals surface area contributed by atoms with Crippen LogP contribution in [0, 0.1) is 20.2 Å². The topological polar surface area (TPSA) is 158 Å². The summed E-state index contributed by atoms with van der Waals surface area (Å²) in [7, 11) is 0. The second-order valence-electron chi connectivity index (χ2n) is 5.63. The third-order valence-corrected chi connectivity index (χ3v) is 3.48. The molecule has 0 aromatic heterocycles. The minimum atomic E-state index is -0.507. The van der Waals surface area contributed by atoms with Crippen LogP contribution < -0.4 is 11.1 Å². The minimum Gasteiger partial charge on any atom is -0.351 e. The molecule has 0 atom stereocenters. The van der Waals surface area contributed by atoms with Crippen molar-refractivity contribution in [3.05, 3.63) is 79.9 Å². The van der Waals surface area contributed by atoms with Gasteiger partial charge in [0.25, 0.3) is 11.4 Å². The SMILES string of the molecule is CC(=O)CC(=O)NCc1ccccc1[N+](=O)[O-].Cl.NCc1ccccc1[N+](=O)[O-]. The Morgan fingerprint density at radius 3 is 1.79 bits per heavy atom. The van der Waals surface area contributed by atoms with E-state index in [0.29, 0.717) is 11.1 Å². The highest BCUT2D eigenvalue weighted by Crippen LogP contribution is 2.17. The molecular formula is C18H21ClN4O6. The maximum Gasteiger partial charge on any atom is 0.274 e. The average Bonchev–Trinajstić information content (AvgIpc) is 2.66. The van der Waals surface area contributed by atoms with Crippen LogP contribution in [0.4, 0.5) is 11.4 Å². The Morgan fingerprint density at radius 1 is 0.931 bits per heavy atom. The van der Waals surface area contributed by atoms with Gasteiger partial charge in [0.15, 0.2) is 0 Å². The lowest BCUT2D eigenvalue weighted by molar-refractivity contribution is -0.385. The number of nitro benzene ring substituents is 2. The third kappa shape index (κ3) is 8.91. The van der Waals surface area contributed by atoms with Crippen molar-refractivity contribution in [1.82, 2.24) is 5.32 Å². The maximum absolute atomic E-state index is 11.2. The number of Topliss-reactive ketones (excluding diaryl/α,β-unsaturated/α-hetero) is 1. The molecule has 0 saturated heterocycles. The molecule has 0 aliphatic rings. The van der Waals surface area contributed by atoms with E-state index < -0.39 is 15.8 Å². The van der Waals surface area contributed by atoms with Crippen molar-refractivity contribution in [1.29, 1.82) is 0 Å². The van der Waals surface area contributed by atoms with Gasteiger partial charge in [-0.25, -0.2) is 0 Å². The molecule has 156 valence electrons. The Kier molecular flexibility index (Phi) is 11.4. The molecular weight excluding hydrogens is 404 g/mol. The summed E-state index contributed by atoms with van der Waals surface area (Å²) < 4.78 is 0. The summed E-state index contributed by atoms with van der Waals surface area (Å²) >= 11 is 0. The lowest BCUT2D eigenvalue weighted by Crippen LogP contribution is -2.24. The van der Waals surface area contributed by atoms with Crippen molar-refractivity contribution < 1.29 is 19.4 Å². The first kappa shape index (κ1) is 25.6. The van der Waals surface area contributed by atoms with E-state index in [1.165, 1.54) is 19.1 Å². The fourth-order valence-electron chi connectivity index (χ4n) is 2.18. The number of ketones is 1. The number of halogens is 1. The largest absolute Gasteiger partial charge is 0.351 e. The smallest absolute Gasteiger partial charge is 0.274 e. The molecule has 29 heavy (non-hydrogen) atoms. The number of nitro groups is 2. The van der Waals surface area contributed by atoms with Crippen molar-refractivity contribution >= 4 is 35.5 Å². The highest BCUT2D eigenvalue weighted by atomic mass is 35.5. The molecule has 2 aromatic rings. The number of amides is 1. The Hall–Kier alpha value is -3.37. The predicted molar refractivity (Wildman–Crippen MR) is 108 cm³/mol. The molecule has 1 amide bonds. The van der Waals surface area contributed by atoms with Crippen LogP contribution in [0.5, 0.6) is 0 Å². The van der Waals surface area contributed by atoms with Gasteiger partial charge in [-0.3, -0.25) is 29.8 Å². The molecule has 2 rings (SSSR count). The second-order valence-corrected chi connectivity index (χ2v) is 5.63. The summed E-state index contributed by atoms with van der Waals surface area (Å²) in [5.41, 5.74) is 6.31. The van der Waals surface area contributed by atoms with Gasteiger partial charge in [-0.2, -0.15) is 0 Å². The number of carbonyl (C=O) groups excluding carboxylic acids is 2. The zero-order chi connectivity index (χ0) is 21.1. The number of benzene rings is 2. The van der Waals surface area contributed by atoms with Crippen LogP contribution in [0.25, 0.3) is 0 Å². The summed E-state index contributed by atoms with van der Waals surface area (Å²) in [5, 5.41) is 23.5. The first-order valence-corrected chi connectivity index (χ1v) is 8.17. The zero-order valence-corrected chi connectivity index (χ0v) is 16.4. The molecule has 11 heteroatoms. The molecule has 0 bridgehead atoms. The third-order valence-electron chi connectivity index (χ3n) is 3.48. The van der Waals surface area contributed by atoms with E-state index in [9.17, 15) is 29.8 Å². The molecule has 0 unspecified atom stereocenters. The Morgan fingerprint density at radius 2 is 1.38 bits per heavy atom. The Labute approximate surface area is 172 Å². The highest BCUT2D eigenvalue weighted by molar-refractivity contribution is 5.96. The van der Waals surface area contributed by atoms with E-state index in [4.69, 9.17) is 5.73 Å². The molecule has 0 aliphatic heterocycles. The van der Waals surface area contributed by atoms with Gasteiger partial charge in [-0.15, -0.1) is 12.4 Å². The van der Waals surface area contributed by atoms with E-state index in [1.54, 1.807) is 36.4 Å². The van der Waals surface area contributed by atoms with Crippen molar-refractivity contribution in [3.63, 3.8) is 0 Å². The summed E-state index contributed by atoms with van der Waals surface area (Å²) in [6, 6.07) is 12.6. The van der Waals surface area contributed by atoms with Crippen LogP contribution in [0.1, 0.15) is 24.5 Å². The van der Waals surface area contributed by atoms with Crippen molar-refractivity contribution in [2.45, 2.75) is 26.4 Å². The average molecular weight is 425 g/mol. The minimum absolute atomic E-state index is 0. The quantitative estimate of drug-likeness (QED) is 0.392. The molecule has 0 spiro atoms. The van der Waals surface area contributed by atoms with Gasteiger partial charge in [-0.05, 0) is 6.92 Å². The van der Waals surface area contributed by atoms with Crippen LogP contribution in [-0.4, -0.2) is 21.5 Å². The lowest BCUT2D eigenvalue weighted by atomic mass is 10.2. The number of para-hydroxylation sites is 2. The molecule has 10 nitrogen and oxygen atoms in total. The van der Waals surface area contributed by atoms with Gasteiger partial charge in [0.1, 0.15) is 5.78 Å². The van der Waals surface area contributed by atoms with Crippen LogP contribution in [0.2, 0.25) is 0 Å². The lowest BCUT2D eigenvalue weighted by Gasteiger charge is -2.04. The first-order chi connectivity index (χ1) is 13.3. The van der Waals surface area contributed by atoms with Gasteiger partial charge in [0.2, 0.25) is 5.91 Å². The van der Waals surface area contributed by atoms with Crippen LogP contribution in [0.15, 0.2) is 48.5 Å². The summed E-state index contributed by atoms with van der Waals surface area (Å²) in [6.07, 6.45) is -0.208. The van der Waals surface area contributed by atoms with Gasteiger partial charge in [-0.1, -0.05) is 36.4 Å². The molecule has 0 saturated carbocycles. The fourth-order valence-corrected chi connectivity index (χ4v) is 2.18. The standard InChI is InChI=1S/C11H12N2O4.C7H8N2O2.ClH/c1-8(14)6-11(15)12-7-9-4-2-3-5-10(9)13(16)17;8-5-6-3-1-2-4-7(6)9(10)11;/h2-5H,6-7H2,1H3,(H,12,15);1-4H,5,8H2;1H. The number of nitrogens with zero attached hydrogens (tertiary/aromatic N) is 2. The number of carbonyl (C=O) groups is 2. The van der Waals surface area contributed by atoms with E-state index in [1.807, 2.05) is 0 Å². The molecule has 2 aromatic carbocycles. The van der Waals surface area contributed by atoms with Crippen LogP contribution >= 0.6 is 12.4 Å². The van der Waals surface area contributed by atoms with Crippen molar-refractivity contribution in [2.75, 3.05) is 0 Å². The van der Waals surface area contributed by atoms with Crippen LogP contribution in [0.3, 0.4) is 0 Å². The fraction of sp³-hybridized carbons (Fsp3) is 0.222. The van der Waals surface area contributed by atoms with Crippen molar-refractivity contribution in [2.24, 2.45) is 5.73 Å². The van der Waals surface area contributed by atoms with Gasteiger partial charge < -0.3 is 11.1 Å². The molecule has 0 fully saturated rings. The summed E-state index contributed by atoms with van der Waals surface area (Å²) in [4.78, 5) is 42.0. The summed E-state index contributed by atoms with van der Waals surface area (Å²) in [5.74, 6) is -0.680. The Balaban J connectivity index is 0.000000568. The second kappa shape index (κ2) is 12.9. The van der Waals surface area contributed by atoms with E-state index >= 15 is 0 Å². The van der Waals surface area contributed by atoms with Crippen LogP contribution in [-0.2, 0) is 22.7 Å². The summed E-state index contributed by atoms with van der Waals surface area (Å²) in [6.45, 7) is 1.56. The number of nitrogens with one attached hydrogen (secondary N) is 1. The monoisotopic (exact) mass is 424 g/mol. The molecule has 0 heterocycles. The zero-order valence-electron chi connectivity index (χ0n) is 15.6. The predicted octanol–water partition coefficient (Wildman–Crippen LogP) is 2.67. The molecule has 0 radical (unpaired) electrons. The normalized spacial score (nSPS) is 9.31. The van der Waals surface area contributed by atoms with E-state index in [2.05, 4.69) is 5.32 Å². The maximum atomic E-state index is 11.2. The molecule has 0 aliphatic carbocycles. The first-order valence-electron chi connectivity index (χ1n) is 8.17. The van der Waals surface area contributed by atoms with E-state index in [-0.39, 0.29) is 49.1 Å². The number of nitrogens with two attached hydrogens (primary N) is 1. The number of hydrogen-bond donors (Lipinski definition) is 2. The van der Waals surface area contributed by atoms with E-state index in [0.717, 1.165) is 0 Å². The number of hydrogen-bond acceptors (Lipinski definition) is 7.